The van der Waals surface area contributed by atoms with E-state index in [1.54, 1.807) is 0 Å². The molecule has 0 aliphatic heterocycles. The van der Waals surface area contributed by atoms with E-state index >= 15 is 0 Å². The molecule has 0 aromatic carbocycles. The minimum absolute atomic E-state index is 0.00137. The summed E-state index contributed by atoms with van der Waals surface area (Å²) in [4.78, 5) is 23.1. The van der Waals surface area contributed by atoms with Crippen molar-refractivity contribution in [1.29, 1.82) is 0 Å². The minimum Gasteiger partial charge on any atom is -0.481 e. The lowest BCUT2D eigenvalue weighted by atomic mass is 10.0. The standard InChI is InChI=1S/C33H60O4/c1-3-5-7-9-11-12-13-14-15-16-17-18-19-21-26-30-33(36)37-31(27-23-20-10-8-6-4-2)28-24-22-25-29-32(34)35/h11-12,14-15,31H,3-10,13,16-30H2,1-2H3,(H,34,35)/b12-11-,15-14-. The Bertz CT molecular complexity index is 567. The summed E-state index contributed by atoms with van der Waals surface area (Å²) in [5.41, 5.74) is 0. The third-order valence-corrected chi connectivity index (χ3v) is 6.93. The fourth-order valence-corrected chi connectivity index (χ4v) is 4.57. The summed E-state index contributed by atoms with van der Waals surface area (Å²) >= 11 is 0. The number of unbranched alkanes of at least 4 members (excludes halogenated alkanes) is 15. The number of esters is 1. The SMILES string of the molecule is CCCCC/C=C\C/C=C\CCCCCCCC(=O)OC(CCCCCCCC)CCCCCC(=O)O. The number of carboxylic acid groups (broad SMARTS) is 1. The normalized spacial score (nSPS) is 12.5. The van der Waals surface area contributed by atoms with Crippen molar-refractivity contribution >= 4 is 11.9 Å². The molecule has 1 unspecified atom stereocenters. The Kier molecular flexibility index (Phi) is 27.7. The first kappa shape index (κ1) is 35.4. The van der Waals surface area contributed by atoms with Crippen molar-refractivity contribution < 1.29 is 19.4 Å². The quantitative estimate of drug-likeness (QED) is 0.0633. The van der Waals surface area contributed by atoms with Crippen LogP contribution in [0.25, 0.3) is 0 Å². The van der Waals surface area contributed by atoms with E-state index in [0.29, 0.717) is 12.8 Å². The van der Waals surface area contributed by atoms with Crippen LogP contribution in [0.15, 0.2) is 24.3 Å². The van der Waals surface area contributed by atoms with Crippen LogP contribution in [-0.4, -0.2) is 23.1 Å². The molecule has 0 radical (unpaired) electrons. The van der Waals surface area contributed by atoms with Crippen molar-refractivity contribution in [2.45, 2.75) is 174 Å². The highest BCUT2D eigenvalue weighted by Gasteiger charge is 2.14. The number of hydrogen-bond acceptors (Lipinski definition) is 3. The Morgan fingerprint density at radius 3 is 1.68 bits per heavy atom. The summed E-state index contributed by atoms with van der Waals surface area (Å²) in [5, 5.41) is 8.80. The van der Waals surface area contributed by atoms with Gasteiger partial charge in [0.2, 0.25) is 0 Å². The van der Waals surface area contributed by atoms with Gasteiger partial charge in [-0.25, -0.2) is 0 Å². The predicted molar refractivity (Wildman–Crippen MR) is 158 cm³/mol. The van der Waals surface area contributed by atoms with E-state index in [1.807, 2.05) is 0 Å². The maximum absolute atomic E-state index is 12.4. The number of rotatable bonds is 28. The first-order valence-electron chi connectivity index (χ1n) is 15.8. The molecule has 4 nitrogen and oxygen atoms in total. The van der Waals surface area contributed by atoms with Crippen molar-refractivity contribution in [3.63, 3.8) is 0 Å². The molecule has 0 aliphatic rings. The lowest BCUT2D eigenvalue weighted by molar-refractivity contribution is -0.150. The predicted octanol–water partition coefficient (Wildman–Crippen LogP) is 10.5. The third-order valence-electron chi connectivity index (χ3n) is 6.93. The van der Waals surface area contributed by atoms with Crippen LogP contribution < -0.4 is 0 Å². The fraction of sp³-hybridized carbons (Fsp3) is 0.818. The van der Waals surface area contributed by atoms with Crippen LogP contribution >= 0.6 is 0 Å². The molecule has 0 aliphatic carbocycles. The smallest absolute Gasteiger partial charge is 0.306 e. The summed E-state index contributed by atoms with van der Waals surface area (Å²) in [5.74, 6) is -0.778. The lowest BCUT2D eigenvalue weighted by Gasteiger charge is -2.18. The highest BCUT2D eigenvalue weighted by Crippen LogP contribution is 2.18. The van der Waals surface area contributed by atoms with Gasteiger partial charge in [-0.05, 0) is 70.6 Å². The van der Waals surface area contributed by atoms with E-state index < -0.39 is 5.97 Å². The first-order chi connectivity index (χ1) is 18.1. The zero-order chi connectivity index (χ0) is 27.2. The van der Waals surface area contributed by atoms with Gasteiger partial charge < -0.3 is 9.84 Å². The number of hydrogen-bond donors (Lipinski definition) is 1. The zero-order valence-electron chi connectivity index (χ0n) is 24.5. The molecule has 0 aromatic heterocycles. The molecule has 1 N–H and O–H groups in total. The molecule has 0 spiro atoms. The number of ether oxygens (including phenoxy) is 1. The third kappa shape index (κ3) is 28.8. The van der Waals surface area contributed by atoms with Gasteiger partial charge in [0, 0.05) is 12.8 Å². The van der Waals surface area contributed by atoms with Crippen LogP contribution in [0.3, 0.4) is 0 Å². The summed E-state index contributed by atoms with van der Waals surface area (Å²) in [6, 6.07) is 0. The van der Waals surface area contributed by atoms with Crippen molar-refractivity contribution in [3.05, 3.63) is 24.3 Å². The molecular formula is C33H60O4. The van der Waals surface area contributed by atoms with Gasteiger partial charge in [0.25, 0.3) is 0 Å². The molecule has 0 amide bonds. The van der Waals surface area contributed by atoms with Crippen LogP contribution in [-0.2, 0) is 14.3 Å². The topological polar surface area (TPSA) is 63.6 Å². The molecule has 37 heavy (non-hydrogen) atoms. The Morgan fingerprint density at radius 2 is 1.05 bits per heavy atom. The molecule has 1 atom stereocenters. The highest BCUT2D eigenvalue weighted by molar-refractivity contribution is 5.69. The van der Waals surface area contributed by atoms with Gasteiger partial charge in [0.15, 0.2) is 0 Å². The van der Waals surface area contributed by atoms with E-state index in [9.17, 15) is 9.59 Å². The average molecular weight is 521 g/mol. The van der Waals surface area contributed by atoms with Gasteiger partial charge in [0.1, 0.15) is 6.10 Å². The molecule has 0 fully saturated rings. The van der Waals surface area contributed by atoms with Gasteiger partial charge in [-0.15, -0.1) is 0 Å². The minimum atomic E-state index is -0.729. The van der Waals surface area contributed by atoms with Crippen LogP contribution in [0.1, 0.15) is 168 Å². The fourth-order valence-electron chi connectivity index (χ4n) is 4.57. The van der Waals surface area contributed by atoms with E-state index in [1.165, 1.54) is 77.0 Å². The first-order valence-corrected chi connectivity index (χ1v) is 15.8. The van der Waals surface area contributed by atoms with Crippen molar-refractivity contribution in [1.82, 2.24) is 0 Å². The van der Waals surface area contributed by atoms with Gasteiger partial charge in [-0.1, -0.05) is 109 Å². The average Bonchev–Trinajstić information content (AvgIpc) is 2.87. The number of allylic oxidation sites excluding steroid dienone is 4. The van der Waals surface area contributed by atoms with E-state index in [4.69, 9.17) is 9.84 Å². The summed E-state index contributed by atoms with van der Waals surface area (Å²) in [6.07, 6.45) is 34.7. The molecule has 0 saturated carbocycles. The molecule has 0 rings (SSSR count). The molecule has 216 valence electrons. The van der Waals surface area contributed by atoms with E-state index in [-0.39, 0.29) is 18.5 Å². The van der Waals surface area contributed by atoms with Crippen molar-refractivity contribution in [2.75, 3.05) is 0 Å². The second-order valence-electron chi connectivity index (χ2n) is 10.6. The Balaban J connectivity index is 3.91. The molecule has 0 heterocycles. The van der Waals surface area contributed by atoms with Crippen LogP contribution in [0.4, 0.5) is 0 Å². The zero-order valence-corrected chi connectivity index (χ0v) is 24.5. The van der Waals surface area contributed by atoms with Gasteiger partial charge >= 0.3 is 11.9 Å². The number of carbonyl (C=O) groups is 2. The maximum Gasteiger partial charge on any atom is 0.306 e. The van der Waals surface area contributed by atoms with Crippen molar-refractivity contribution in [2.24, 2.45) is 0 Å². The van der Waals surface area contributed by atoms with Crippen LogP contribution in [0.2, 0.25) is 0 Å². The Labute approximate surface area is 229 Å². The Morgan fingerprint density at radius 1 is 0.595 bits per heavy atom. The summed E-state index contributed by atoms with van der Waals surface area (Å²) in [6.45, 7) is 4.47. The van der Waals surface area contributed by atoms with Crippen LogP contribution in [0, 0.1) is 0 Å². The number of aliphatic carboxylic acids is 1. The Hall–Kier alpha value is -1.58. The molecule has 0 bridgehead atoms. The van der Waals surface area contributed by atoms with Gasteiger partial charge in [-0.2, -0.15) is 0 Å². The maximum atomic E-state index is 12.4. The van der Waals surface area contributed by atoms with Crippen LogP contribution in [0.5, 0.6) is 0 Å². The monoisotopic (exact) mass is 520 g/mol. The van der Waals surface area contributed by atoms with Crippen molar-refractivity contribution in [3.8, 4) is 0 Å². The molecule has 0 saturated heterocycles. The highest BCUT2D eigenvalue weighted by atomic mass is 16.5. The van der Waals surface area contributed by atoms with Gasteiger partial charge in [-0.3, -0.25) is 9.59 Å². The molecule has 4 heteroatoms. The second-order valence-corrected chi connectivity index (χ2v) is 10.6. The second kappa shape index (κ2) is 29.0. The largest absolute Gasteiger partial charge is 0.481 e. The lowest BCUT2D eigenvalue weighted by Crippen LogP contribution is -2.18. The molecule has 0 aromatic rings. The summed E-state index contributed by atoms with van der Waals surface area (Å²) in [7, 11) is 0. The molecular weight excluding hydrogens is 460 g/mol. The number of carbonyl (C=O) groups excluding carboxylic acids is 1. The van der Waals surface area contributed by atoms with Gasteiger partial charge in [0.05, 0.1) is 0 Å². The van der Waals surface area contributed by atoms with E-state index in [2.05, 4.69) is 38.2 Å². The number of carboxylic acids is 1. The van der Waals surface area contributed by atoms with E-state index in [0.717, 1.165) is 57.8 Å². The summed E-state index contributed by atoms with van der Waals surface area (Å²) < 4.78 is 5.86.